The van der Waals surface area contributed by atoms with Gasteiger partial charge in [0.25, 0.3) is 5.91 Å². The number of pyridine rings is 1. The maximum absolute atomic E-state index is 14.4. The van der Waals surface area contributed by atoms with Crippen molar-refractivity contribution in [3.05, 3.63) is 77.5 Å². The average molecular weight is 484 g/mol. The number of nitrogens with two attached hydrogens (primary N) is 1. The van der Waals surface area contributed by atoms with Crippen molar-refractivity contribution in [3.8, 4) is 17.2 Å². The summed E-state index contributed by atoms with van der Waals surface area (Å²) >= 11 is 0. The summed E-state index contributed by atoms with van der Waals surface area (Å²) in [4.78, 5) is 28.1. The van der Waals surface area contributed by atoms with Crippen LogP contribution in [0.2, 0.25) is 0 Å². The van der Waals surface area contributed by atoms with Gasteiger partial charge in [-0.15, -0.1) is 0 Å². The van der Waals surface area contributed by atoms with Crippen LogP contribution in [0.5, 0.6) is 0 Å². The average Bonchev–Trinajstić information content (AvgIpc) is 2.86. The van der Waals surface area contributed by atoms with E-state index in [0.717, 1.165) is 0 Å². The van der Waals surface area contributed by atoms with Crippen molar-refractivity contribution in [1.29, 1.82) is 5.26 Å². The van der Waals surface area contributed by atoms with Crippen LogP contribution >= 0.6 is 0 Å². The Bertz CT molecular complexity index is 1510. The minimum Gasteiger partial charge on any atom is -0.389 e. The molecule has 1 atom stereocenters. The first-order valence-electron chi connectivity index (χ1n) is 11.3. The summed E-state index contributed by atoms with van der Waals surface area (Å²) in [5, 5.41) is 22.9. The molecule has 5 rings (SSSR count). The smallest absolute Gasteiger partial charge is 0.255 e. The van der Waals surface area contributed by atoms with Gasteiger partial charge in [0, 0.05) is 24.0 Å². The molecular weight excluding hydrogens is 461 g/mol. The molecule has 180 valence electrons. The second kappa shape index (κ2) is 9.20. The highest BCUT2D eigenvalue weighted by Crippen LogP contribution is 2.38. The van der Waals surface area contributed by atoms with Gasteiger partial charge in [-0.05, 0) is 30.7 Å². The summed E-state index contributed by atoms with van der Waals surface area (Å²) in [6.07, 6.45) is 0.663. The third kappa shape index (κ3) is 4.06. The highest BCUT2D eigenvalue weighted by atomic mass is 19.1. The molecule has 1 amide bonds. The van der Waals surface area contributed by atoms with Crippen molar-refractivity contribution in [1.82, 2.24) is 19.9 Å². The minimum atomic E-state index is -0.591. The van der Waals surface area contributed by atoms with Gasteiger partial charge >= 0.3 is 0 Å². The van der Waals surface area contributed by atoms with E-state index < -0.39 is 18.0 Å². The van der Waals surface area contributed by atoms with Crippen molar-refractivity contribution < 1.29 is 14.3 Å². The first kappa shape index (κ1) is 23.1. The van der Waals surface area contributed by atoms with E-state index in [9.17, 15) is 19.6 Å². The third-order valence-electron chi connectivity index (χ3n) is 6.15. The third-order valence-corrected chi connectivity index (χ3v) is 6.15. The highest BCUT2D eigenvalue weighted by Gasteiger charge is 2.34. The Morgan fingerprint density at radius 1 is 1.25 bits per heavy atom. The molecule has 4 aromatic rings. The number of aliphatic hydroxyl groups is 1. The summed E-state index contributed by atoms with van der Waals surface area (Å²) in [5.74, 6) is -0.541. The van der Waals surface area contributed by atoms with Crippen molar-refractivity contribution >= 4 is 28.4 Å². The zero-order valence-electron chi connectivity index (χ0n) is 19.3. The van der Waals surface area contributed by atoms with Crippen LogP contribution in [-0.2, 0) is 0 Å². The Hall–Kier alpha value is -4.62. The number of carbonyl (C=O) groups is 1. The van der Waals surface area contributed by atoms with Crippen molar-refractivity contribution in [2.45, 2.75) is 19.1 Å². The first-order valence-corrected chi connectivity index (χ1v) is 11.3. The number of benzene rings is 2. The molecule has 36 heavy (non-hydrogen) atoms. The lowest BCUT2D eigenvalue weighted by atomic mass is 9.90. The number of nitriles is 1. The molecule has 0 bridgehead atoms. The molecule has 2 aromatic heterocycles. The van der Waals surface area contributed by atoms with Gasteiger partial charge in [0.2, 0.25) is 0 Å². The van der Waals surface area contributed by atoms with E-state index in [1.807, 2.05) is 43.3 Å². The number of aliphatic hydroxyl groups excluding tert-OH is 1. The van der Waals surface area contributed by atoms with Gasteiger partial charge in [0.15, 0.2) is 0 Å². The Kier molecular flexibility index (Phi) is 5.91. The Morgan fingerprint density at radius 3 is 2.69 bits per heavy atom. The normalized spacial score (nSPS) is 14.2. The molecule has 1 unspecified atom stereocenters. The van der Waals surface area contributed by atoms with E-state index in [1.165, 1.54) is 29.4 Å². The van der Waals surface area contributed by atoms with E-state index in [4.69, 9.17) is 10.7 Å². The molecule has 1 fully saturated rings. The maximum Gasteiger partial charge on any atom is 0.255 e. The van der Waals surface area contributed by atoms with Gasteiger partial charge in [0.05, 0.1) is 28.9 Å². The number of β-amino-alcohol motifs (C(OH)–C–C–N with tert-alkyl or cyclic N) is 1. The van der Waals surface area contributed by atoms with Crippen LogP contribution in [0.3, 0.4) is 0 Å². The lowest BCUT2D eigenvalue weighted by molar-refractivity contribution is 0.00607. The molecule has 10 heteroatoms. The second-order valence-electron chi connectivity index (χ2n) is 8.60. The predicted molar refractivity (Wildman–Crippen MR) is 132 cm³/mol. The number of nitrogens with one attached hydrogen (secondary N) is 1. The molecule has 3 heterocycles. The second-order valence-corrected chi connectivity index (χ2v) is 8.60. The fourth-order valence-electron chi connectivity index (χ4n) is 4.36. The summed E-state index contributed by atoms with van der Waals surface area (Å²) < 4.78 is 14.4. The lowest BCUT2D eigenvalue weighted by Crippen LogP contribution is -2.53. The molecule has 2 aromatic carbocycles. The highest BCUT2D eigenvalue weighted by molar-refractivity contribution is 6.12. The van der Waals surface area contributed by atoms with Gasteiger partial charge in [0.1, 0.15) is 35.4 Å². The van der Waals surface area contributed by atoms with Gasteiger partial charge in [-0.25, -0.2) is 19.3 Å². The van der Waals surface area contributed by atoms with E-state index in [0.29, 0.717) is 33.3 Å². The Balaban J connectivity index is 1.75. The summed E-state index contributed by atoms with van der Waals surface area (Å²) in [6, 6.07) is 14.8. The Labute approximate surface area is 206 Å². The predicted octanol–water partition coefficient (Wildman–Crippen LogP) is 3.27. The van der Waals surface area contributed by atoms with Crippen LogP contribution in [-0.4, -0.2) is 50.1 Å². The summed E-state index contributed by atoms with van der Waals surface area (Å²) in [6.45, 7) is 2.22. The number of rotatable bonds is 5. The van der Waals surface area contributed by atoms with Crippen molar-refractivity contribution in [2.75, 3.05) is 24.1 Å². The van der Waals surface area contributed by atoms with Crippen molar-refractivity contribution in [2.24, 2.45) is 0 Å². The Morgan fingerprint density at radius 2 is 2.00 bits per heavy atom. The van der Waals surface area contributed by atoms with E-state index in [2.05, 4.69) is 15.3 Å². The number of amides is 1. The van der Waals surface area contributed by atoms with Crippen LogP contribution in [0.15, 0.2) is 54.9 Å². The minimum absolute atomic E-state index is 0.0413. The SMILES string of the molecule is CC(Nc1ncnc(N)c1C#N)c1nc2ccc(F)cc2c(C(=O)N2CC(O)C2)c1-c1ccccc1. The fourth-order valence-corrected chi connectivity index (χ4v) is 4.36. The van der Waals surface area contributed by atoms with E-state index >= 15 is 0 Å². The number of hydrogen-bond acceptors (Lipinski definition) is 8. The number of nitrogens with zero attached hydrogens (tertiary/aromatic N) is 5. The molecule has 0 spiro atoms. The van der Waals surface area contributed by atoms with Crippen LogP contribution in [0.1, 0.15) is 34.6 Å². The maximum atomic E-state index is 14.4. The quantitative estimate of drug-likeness (QED) is 0.393. The zero-order valence-corrected chi connectivity index (χ0v) is 19.3. The zero-order chi connectivity index (χ0) is 25.4. The monoisotopic (exact) mass is 483 g/mol. The van der Waals surface area contributed by atoms with E-state index in [1.54, 1.807) is 0 Å². The van der Waals surface area contributed by atoms with Gasteiger partial charge in [-0.1, -0.05) is 30.3 Å². The van der Waals surface area contributed by atoms with Gasteiger partial charge < -0.3 is 21.1 Å². The number of nitrogen functional groups attached to an aromatic ring is 1. The number of carbonyl (C=O) groups excluding carboxylic acids is 1. The van der Waals surface area contributed by atoms with E-state index in [-0.39, 0.29) is 36.2 Å². The topological polar surface area (TPSA) is 141 Å². The number of aromatic nitrogens is 3. The lowest BCUT2D eigenvalue weighted by Gasteiger charge is -2.37. The number of likely N-dealkylation sites (tertiary alicyclic amines) is 1. The largest absolute Gasteiger partial charge is 0.389 e. The molecule has 1 aliphatic rings. The fraction of sp³-hybridized carbons (Fsp3) is 0.192. The molecular formula is C26H22FN7O2. The molecule has 0 aliphatic carbocycles. The molecule has 9 nitrogen and oxygen atoms in total. The van der Waals surface area contributed by atoms with Crippen LogP contribution in [0.4, 0.5) is 16.0 Å². The van der Waals surface area contributed by atoms with Gasteiger partial charge in [-0.2, -0.15) is 5.26 Å². The molecule has 0 saturated carbocycles. The number of anilines is 2. The molecule has 1 aliphatic heterocycles. The standard InChI is InChI=1S/C26H22FN7O2/c1-14(32-25-19(10-28)24(29)30-13-31-25)23-21(15-5-3-2-4-6-15)22(26(36)34-11-17(35)12-34)18-9-16(27)7-8-20(18)33-23/h2-9,13-14,17,35H,11-12H2,1H3,(H3,29,30,31,32). The molecule has 4 N–H and O–H groups in total. The number of fused-ring (bicyclic) bond motifs is 1. The van der Waals surface area contributed by atoms with Crippen LogP contribution in [0, 0.1) is 17.1 Å². The van der Waals surface area contributed by atoms with Crippen LogP contribution in [0.25, 0.3) is 22.0 Å². The molecule has 0 radical (unpaired) electrons. The van der Waals surface area contributed by atoms with Crippen molar-refractivity contribution in [3.63, 3.8) is 0 Å². The molecule has 1 saturated heterocycles. The number of hydrogen-bond donors (Lipinski definition) is 3. The van der Waals surface area contributed by atoms with Crippen LogP contribution < -0.4 is 11.1 Å². The summed E-state index contributed by atoms with van der Waals surface area (Å²) in [7, 11) is 0. The number of halogens is 1. The van der Waals surface area contributed by atoms with Gasteiger partial charge in [-0.3, -0.25) is 4.79 Å². The first-order chi connectivity index (χ1) is 17.4. The summed E-state index contributed by atoms with van der Waals surface area (Å²) in [5.41, 5.74) is 8.43.